The molecule has 4 aromatic carbocycles. The molecule has 5 rings (SSSR count). The van der Waals surface area contributed by atoms with E-state index >= 15 is 0 Å². The Kier molecular flexibility index (Phi) is 4.38. The molecule has 4 aromatic rings. The fourth-order valence-electron chi connectivity index (χ4n) is 4.45. The van der Waals surface area contributed by atoms with Crippen LogP contribution in [-0.4, -0.2) is 0 Å². The highest BCUT2D eigenvalue weighted by atomic mass is 31.1. The van der Waals surface area contributed by atoms with Gasteiger partial charge in [0.05, 0.1) is 0 Å². The molecule has 0 radical (unpaired) electrons. The summed E-state index contributed by atoms with van der Waals surface area (Å²) in [5.41, 5.74) is 11.5. The van der Waals surface area contributed by atoms with E-state index in [4.69, 9.17) is 0 Å². The van der Waals surface area contributed by atoms with Gasteiger partial charge in [0.15, 0.2) is 0 Å². The molecule has 1 heteroatoms. The van der Waals surface area contributed by atoms with Crippen LogP contribution in [0.25, 0.3) is 22.3 Å². The van der Waals surface area contributed by atoms with Gasteiger partial charge in [0.2, 0.25) is 0 Å². The second kappa shape index (κ2) is 7.04. The molecule has 0 aromatic heterocycles. The normalized spacial score (nSPS) is 12.4. The third-order valence-electron chi connectivity index (χ3n) is 5.93. The molecular formula is C27H23P. The Morgan fingerprint density at radius 2 is 1.29 bits per heavy atom. The third-order valence-corrected chi connectivity index (χ3v) is 7.47. The summed E-state index contributed by atoms with van der Waals surface area (Å²) in [5, 5.41) is 2.95. The van der Waals surface area contributed by atoms with E-state index in [1.807, 2.05) is 0 Å². The molecule has 28 heavy (non-hydrogen) atoms. The predicted octanol–water partition coefficient (Wildman–Crippen LogP) is 6.17. The summed E-state index contributed by atoms with van der Waals surface area (Å²) in [6, 6.07) is 30.8. The summed E-state index contributed by atoms with van der Waals surface area (Å²) in [6.45, 7) is 4.62. The SMILES string of the molecule is Cc1c(C)c(-c2ccccc2)c2c(c1Pc1ccccc1)Cc1ccccc1-2. The van der Waals surface area contributed by atoms with Crippen molar-refractivity contribution in [3.05, 3.63) is 107 Å². The van der Waals surface area contributed by atoms with Crippen LogP contribution in [0.3, 0.4) is 0 Å². The first-order chi connectivity index (χ1) is 13.7. The molecule has 0 heterocycles. The van der Waals surface area contributed by atoms with Gasteiger partial charge in [-0.1, -0.05) is 93.5 Å². The Labute approximate surface area is 169 Å². The fraction of sp³-hybridized carbons (Fsp3) is 0.111. The summed E-state index contributed by atoms with van der Waals surface area (Å²) in [4.78, 5) is 0. The molecule has 0 aliphatic heterocycles. The zero-order valence-electron chi connectivity index (χ0n) is 16.3. The first-order valence-corrected chi connectivity index (χ1v) is 10.9. The average molecular weight is 378 g/mol. The van der Waals surface area contributed by atoms with E-state index in [0.717, 1.165) is 6.42 Å². The van der Waals surface area contributed by atoms with E-state index in [9.17, 15) is 0 Å². The van der Waals surface area contributed by atoms with Gasteiger partial charge in [-0.05, 0) is 75.4 Å². The largest absolute Gasteiger partial charge is 0.0622 e. The Morgan fingerprint density at radius 1 is 0.643 bits per heavy atom. The molecule has 1 aliphatic rings. The minimum absolute atomic E-state index is 0.696. The van der Waals surface area contributed by atoms with Crippen LogP contribution in [0.4, 0.5) is 0 Å². The number of hydrogen-bond donors (Lipinski definition) is 0. The quantitative estimate of drug-likeness (QED) is 0.329. The second-order valence-corrected chi connectivity index (χ2v) is 8.87. The van der Waals surface area contributed by atoms with Crippen molar-refractivity contribution in [3.63, 3.8) is 0 Å². The number of rotatable bonds is 3. The lowest BCUT2D eigenvalue weighted by molar-refractivity contribution is 1.26. The zero-order valence-corrected chi connectivity index (χ0v) is 17.3. The topological polar surface area (TPSA) is 0 Å². The van der Waals surface area contributed by atoms with Crippen molar-refractivity contribution in [1.82, 2.24) is 0 Å². The second-order valence-electron chi connectivity index (χ2n) is 7.54. The van der Waals surface area contributed by atoms with Crippen LogP contribution >= 0.6 is 8.58 Å². The monoisotopic (exact) mass is 378 g/mol. The van der Waals surface area contributed by atoms with Crippen molar-refractivity contribution in [1.29, 1.82) is 0 Å². The lowest BCUT2D eigenvalue weighted by Crippen LogP contribution is -2.15. The molecular weight excluding hydrogens is 355 g/mol. The van der Waals surface area contributed by atoms with Crippen molar-refractivity contribution in [2.24, 2.45) is 0 Å². The van der Waals surface area contributed by atoms with Crippen LogP contribution in [-0.2, 0) is 6.42 Å². The molecule has 0 amide bonds. The summed E-state index contributed by atoms with van der Waals surface area (Å²) < 4.78 is 0. The maximum Gasteiger partial charge on any atom is -0.000676 e. The van der Waals surface area contributed by atoms with Crippen LogP contribution in [0, 0.1) is 13.8 Å². The lowest BCUT2D eigenvalue weighted by Gasteiger charge is -2.21. The van der Waals surface area contributed by atoms with Crippen LogP contribution in [0.15, 0.2) is 84.9 Å². The van der Waals surface area contributed by atoms with Gasteiger partial charge in [0.1, 0.15) is 0 Å². The third kappa shape index (κ3) is 2.81. The minimum Gasteiger partial charge on any atom is -0.0622 e. The van der Waals surface area contributed by atoms with E-state index in [2.05, 4.69) is 98.8 Å². The average Bonchev–Trinajstić information content (AvgIpc) is 3.12. The van der Waals surface area contributed by atoms with Crippen LogP contribution in [0.1, 0.15) is 22.3 Å². The molecule has 1 atom stereocenters. The van der Waals surface area contributed by atoms with Crippen LogP contribution in [0.5, 0.6) is 0 Å². The van der Waals surface area contributed by atoms with Crippen molar-refractivity contribution in [2.75, 3.05) is 0 Å². The summed E-state index contributed by atoms with van der Waals surface area (Å²) in [6.07, 6.45) is 1.04. The molecule has 0 fully saturated rings. The zero-order chi connectivity index (χ0) is 19.1. The van der Waals surface area contributed by atoms with Gasteiger partial charge in [-0.15, -0.1) is 0 Å². The molecule has 1 unspecified atom stereocenters. The van der Waals surface area contributed by atoms with Crippen molar-refractivity contribution in [3.8, 4) is 22.3 Å². The van der Waals surface area contributed by atoms with Gasteiger partial charge in [0, 0.05) is 0 Å². The van der Waals surface area contributed by atoms with Crippen LogP contribution < -0.4 is 10.6 Å². The highest BCUT2D eigenvalue weighted by molar-refractivity contribution is 7.55. The van der Waals surface area contributed by atoms with Gasteiger partial charge < -0.3 is 0 Å². The van der Waals surface area contributed by atoms with Gasteiger partial charge in [-0.2, -0.15) is 0 Å². The van der Waals surface area contributed by atoms with Crippen LogP contribution in [0.2, 0.25) is 0 Å². The van der Waals surface area contributed by atoms with Gasteiger partial charge in [-0.25, -0.2) is 0 Å². The maximum atomic E-state index is 2.32. The Morgan fingerprint density at radius 3 is 2.04 bits per heavy atom. The molecule has 0 bridgehead atoms. The molecule has 1 aliphatic carbocycles. The summed E-state index contributed by atoms with van der Waals surface area (Å²) >= 11 is 0. The molecule has 0 saturated carbocycles. The highest BCUT2D eigenvalue weighted by Gasteiger charge is 2.27. The fourth-order valence-corrected chi connectivity index (χ4v) is 5.84. The van der Waals surface area contributed by atoms with E-state index in [-0.39, 0.29) is 0 Å². The van der Waals surface area contributed by atoms with E-state index in [1.165, 1.54) is 55.1 Å². The maximum absolute atomic E-state index is 2.32. The molecule has 0 N–H and O–H groups in total. The van der Waals surface area contributed by atoms with Crippen molar-refractivity contribution >= 4 is 19.2 Å². The van der Waals surface area contributed by atoms with E-state index < -0.39 is 0 Å². The minimum atomic E-state index is 0.696. The highest BCUT2D eigenvalue weighted by Crippen LogP contribution is 2.46. The van der Waals surface area contributed by atoms with Crippen molar-refractivity contribution in [2.45, 2.75) is 20.3 Å². The van der Waals surface area contributed by atoms with E-state index in [1.54, 1.807) is 0 Å². The predicted molar refractivity (Wildman–Crippen MR) is 124 cm³/mol. The molecule has 136 valence electrons. The first kappa shape index (κ1) is 17.4. The van der Waals surface area contributed by atoms with Gasteiger partial charge >= 0.3 is 0 Å². The van der Waals surface area contributed by atoms with Gasteiger partial charge in [0.25, 0.3) is 0 Å². The number of hydrogen-bond acceptors (Lipinski definition) is 0. The van der Waals surface area contributed by atoms with Gasteiger partial charge in [-0.3, -0.25) is 0 Å². The first-order valence-electron chi connectivity index (χ1n) is 9.86. The number of fused-ring (bicyclic) bond motifs is 3. The Bertz CT molecular complexity index is 1160. The Hall–Kier alpha value is -2.69. The number of benzene rings is 4. The van der Waals surface area contributed by atoms with Crippen molar-refractivity contribution < 1.29 is 0 Å². The molecule has 0 spiro atoms. The summed E-state index contributed by atoms with van der Waals surface area (Å²) in [5.74, 6) is 0. The molecule has 0 nitrogen and oxygen atoms in total. The molecule has 0 saturated heterocycles. The Balaban J connectivity index is 1.80. The smallest absolute Gasteiger partial charge is 0.000676 e. The lowest BCUT2D eigenvalue weighted by atomic mass is 9.88. The van der Waals surface area contributed by atoms with E-state index in [0.29, 0.717) is 8.58 Å². The standard InChI is InChI=1S/C27H23P/c1-18-19(2)27(28-22-14-7-4-8-15-22)24-17-21-13-9-10-16-23(21)26(24)25(18)20-11-5-3-6-12-20/h3-16,28H,17H2,1-2H3. The summed E-state index contributed by atoms with van der Waals surface area (Å²) in [7, 11) is 0.696.